The van der Waals surface area contributed by atoms with E-state index in [1.54, 1.807) is 11.6 Å². The van der Waals surface area contributed by atoms with Gasteiger partial charge < -0.3 is 5.73 Å². The molecule has 0 saturated carbocycles. The van der Waals surface area contributed by atoms with Crippen molar-refractivity contribution in [3.63, 3.8) is 0 Å². The summed E-state index contributed by atoms with van der Waals surface area (Å²) < 4.78 is 0. The van der Waals surface area contributed by atoms with Crippen molar-refractivity contribution < 1.29 is 0 Å². The van der Waals surface area contributed by atoms with Gasteiger partial charge in [-0.25, -0.2) is 4.98 Å². The third-order valence-electron chi connectivity index (χ3n) is 1.66. The standard InChI is InChI=1S/C9H8N4S.ClH/c10-8(11)7-5-14-9(13-7)6-3-1-2-4-12-6;/h1-5H,(H3,10,11);1H. The zero-order chi connectivity index (χ0) is 9.97. The van der Waals surface area contributed by atoms with Crippen LogP contribution in [0, 0.1) is 5.41 Å². The largest absolute Gasteiger partial charge is 0.382 e. The maximum atomic E-state index is 7.21. The molecule has 2 aromatic rings. The summed E-state index contributed by atoms with van der Waals surface area (Å²) in [5, 5.41) is 9.76. The second-order valence-electron chi connectivity index (χ2n) is 2.67. The van der Waals surface area contributed by atoms with Crippen LogP contribution in [0.2, 0.25) is 0 Å². The van der Waals surface area contributed by atoms with Crippen LogP contribution in [0.5, 0.6) is 0 Å². The molecule has 15 heavy (non-hydrogen) atoms. The lowest BCUT2D eigenvalue weighted by Crippen LogP contribution is -2.11. The predicted molar refractivity (Wildman–Crippen MR) is 63.6 cm³/mol. The van der Waals surface area contributed by atoms with E-state index >= 15 is 0 Å². The number of pyridine rings is 1. The lowest BCUT2D eigenvalue weighted by molar-refractivity contribution is 1.27. The van der Waals surface area contributed by atoms with Crippen molar-refractivity contribution >= 4 is 29.6 Å². The molecule has 3 N–H and O–H groups in total. The molecule has 0 radical (unpaired) electrons. The first-order valence-electron chi connectivity index (χ1n) is 3.98. The Morgan fingerprint density at radius 1 is 1.40 bits per heavy atom. The number of amidine groups is 1. The molecule has 0 saturated heterocycles. The van der Waals surface area contributed by atoms with Crippen molar-refractivity contribution in [1.82, 2.24) is 9.97 Å². The van der Waals surface area contributed by atoms with Gasteiger partial charge in [-0.2, -0.15) is 0 Å². The van der Waals surface area contributed by atoms with Crippen LogP contribution >= 0.6 is 23.7 Å². The molecular weight excluding hydrogens is 232 g/mol. The number of nitrogens with zero attached hydrogens (tertiary/aromatic N) is 2. The summed E-state index contributed by atoms with van der Waals surface area (Å²) >= 11 is 1.44. The third-order valence-corrected chi connectivity index (χ3v) is 2.53. The first-order chi connectivity index (χ1) is 6.77. The van der Waals surface area contributed by atoms with Crippen LogP contribution < -0.4 is 5.73 Å². The topological polar surface area (TPSA) is 75.7 Å². The highest BCUT2D eigenvalue weighted by Gasteiger charge is 2.06. The summed E-state index contributed by atoms with van der Waals surface area (Å²) in [5.41, 5.74) is 6.63. The van der Waals surface area contributed by atoms with Gasteiger partial charge in [0.25, 0.3) is 0 Å². The molecule has 2 rings (SSSR count). The summed E-state index contributed by atoms with van der Waals surface area (Å²) in [5.74, 6) is -0.0107. The number of hydrogen-bond donors (Lipinski definition) is 2. The monoisotopic (exact) mass is 240 g/mol. The Labute approximate surface area is 97.1 Å². The fourth-order valence-corrected chi connectivity index (χ4v) is 1.80. The molecule has 2 aromatic heterocycles. The number of rotatable bonds is 2. The summed E-state index contributed by atoms with van der Waals surface area (Å²) in [6, 6.07) is 5.63. The van der Waals surface area contributed by atoms with Crippen molar-refractivity contribution in [3.05, 3.63) is 35.5 Å². The van der Waals surface area contributed by atoms with Gasteiger partial charge in [0.15, 0.2) is 0 Å². The second kappa shape index (κ2) is 4.86. The number of thiazole rings is 1. The molecule has 0 amide bonds. The van der Waals surface area contributed by atoms with Gasteiger partial charge in [0.1, 0.15) is 16.5 Å². The van der Waals surface area contributed by atoms with Gasteiger partial charge in [-0.3, -0.25) is 10.4 Å². The van der Waals surface area contributed by atoms with E-state index in [2.05, 4.69) is 9.97 Å². The maximum absolute atomic E-state index is 7.21. The Kier molecular flexibility index (Phi) is 3.76. The average molecular weight is 241 g/mol. The van der Waals surface area contributed by atoms with Crippen molar-refractivity contribution in [2.45, 2.75) is 0 Å². The Bertz CT molecular complexity index is 454. The third kappa shape index (κ3) is 2.51. The van der Waals surface area contributed by atoms with Crippen LogP contribution in [-0.4, -0.2) is 15.8 Å². The summed E-state index contributed by atoms with van der Waals surface area (Å²) in [6.07, 6.45) is 1.71. The quantitative estimate of drug-likeness (QED) is 0.622. The van der Waals surface area contributed by atoms with Crippen LogP contribution in [0.4, 0.5) is 0 Å². The summed E-state index contributed by atoms with van der Waals surface area (Å²) in [6.45, 7) is 0. The molecular formula is C9H9ClN4S. The lowest BCUT2D eigenvalue weighted by atomic mass is 10.3. The van der Waals surface area contributed by atoms with Crippen LogP contribution in [0.25, 0.3) is 10.7 Å². The van der Waals surface area contributed by atoms with Crippen molar-refractivity contribution in [3.8, 4) is 10.7 Å². The number of aromatic nitrogens is 2. The van der Waals surface area contributed by atoms with Crippen molar-refractivity contribution in [1.29, 1.82) is 5.41 Å². The van der Waals surface area contributed by atoms with Gasteiger partial charge >= 0.3 is 0 Å². The van der Waals surface area contributed by atoms with Gasteiger partial charge in [-0.15, -0.1) is 23.7 Å². The summed E-state index contributed by atoms with van der Waals surface area (Å²) in [7, 11) is 0. The van der Waals surface area contributed by atoms with Gasteiger partial charge in [0.2, 0.25) is 0 Å². The zero-order valence-corrected chi connectivity index (χ0v) is 9.31. The highest BCUT2D eigenvalue weighted by molar-refractivity contribution is 7.13. The number of nitrogens with two attached hydrogens (primary N) is 1. The SMILES string of the molecule is Cl.N=C(N)c1csc(-c2ccccn2)n1. The minimum atomic E-state index is -0.0107. The smallest absolute Gasteiger partial charge is 0.142 e. The predicted octanol–water partition coefficient (Wildman–Crippen LogP) is 1.91. The number of nitrogens with one attached hydrogen (secondary N) is 1. The first kappa shape index (κ1) is 11.6. The van der Waals surface area contributed by atoms with Gasteiger partial charge in [0.05, 0.1) is 5.69 Å². The Hall–Kier alpha value is -1.46. The number of hydrogen-bond acceptors (Lipinski definition) is 4. The van der Waals surface area contributed by atoms with Crippen molar-refractivity contribution in [2.24, 2.45) is 5.73 Å². The van der Waals surface area contributed by atoms with Crippen LogP contribution in [0.1, 0.15) is 5.69 Å². The van der Waals surface area contributed by atoms with E-state index in [4.69, 9.17) is 11.1 Å². The number of nitrogen functional groups attached to an aromatic ring is 1. The normalized spacial score (nSPS) is 9.33. The van der Waals surface area contributed by atoms with Crippen molar-refractivity contribution in [2.75, 3.05) is 0 Å². The van der Waals surface area contributed by atoms with Crippen LogP contribution in [0.3, 0.4) is 0 Å². The number of halogens is 1. The maximum Gasteiger partial charge on any atom is 0.142 e. The average Bonchev–Trinajstić information content (AvgIpc) is 2.68. The minimum absolute atomic E-state index is 0. The van der Waals surface area contributed by atoms with Crippen LogP contribution in [-0.2, 0) is 0 Å². The lowest BCUT2D eigenvalue weighted by Gasteiger charge is -1.92. The zero-order valence-electron chi connectivity index (χ0n) is 7.68. The molecule has 0 bridgehead atoms. The molecule has 0 aromatic carbocycles. The van der Waals surface area contributed by atoms with Gasteiger partial charge in [-0.05, 0) is 12.1 Å². The Morgan fingerprint density at radius 2 is 2.20 bits per heavy atom. The fraction of sp³-hybridized carbons (Fsp3) is 0. The Balaban J connectivity index is 0.00000112. The molecule has 6 heteroatoms. The highest BCUT2D eigenvalue weighted by Crippen LogP contribution is 2.20. The van der Waals surface area contributed by atoms with E-state index in [0.717, 1.165) is 10.7 Å². The summed E-state index contributed by atoms with van der Waals surface area (Å²) in [4.78, 5) is 8.34. The molecule has 0 spiro atoms. The molecule has 0 atom stereocenters. The molecule has 0 unspecified atom stereocenters. The minimum Gasteiger partial charge on any atom is -0.382 e. The second-order valence-corrected chi connectivity index (χ2v) is 3.52. The van der Waals surface area contributed by atoms with E-state index in [0.29, 0.717) is 5.69 Å². The Morgan fingerprint density at radius 3 is 2.73 bits per heavy atom. The van der Waals surface area contributed by atoms with Gasteiger partial charge in [-0.1, -0.05) is 6.07 Å². The van der Waals surface area contributed by atoms with E-state index in [-0.39, 0.29) is 18.2 Å². The fourth-order valence-electron chi connectivity index (χ4n) is 1.00. The molecule has 0 aliphatic rings. The van der Waals surface area contributed by atoms with E-state index in [9.17, 15) is 0 Å². The van der Waals surface area contributed by atoms with E-state index < -0.39 is 0 Å². The van der Waals surface area contributed by atoms with E-state index in [1.807, 2.05) is 18.2 Å². The molecule has 0 fully saturated rings. The van der Waals surface area contributed by atoms with E-state index in [1.165, 1.54) is 11.3 Å². The molecule has 0 aliphatic carbocycles. The van der Waals surface area contributed by atoms with Crippen LogP contribution in [0.15, 0.2) is 29.8 Å². The molecule has 2 heterocycles. The molecule has 78 valence electrons. The molecule has 4 nitrogen and oxygen atoms in total. The molecule has 0 aliphatic heterocycles. The highest BCUT2D eigenvalue weighted by atomic mass is 35.5. The van der Waals surface area contributed by atoms with Gasteiger partial charge in [0, 0.05) is 11.6 Å². The first-order valence-corrected chi connectivity index (χ1v) is 4.86.